The Morgan fingerprint density at radius 2 is 2.00 bits per heavy atom. The number of hydrogen-bond acceptors (Lipinski definition) is 1. The molecule has 0 atom stereocenters. The number of carbonyl (C=O) groups excluding carboxylic acids is 1. The van der Waals surface area contributed by atoms with Gasteiger partial charge in [-0.2, -0.15) is 0 Å². The minimum atomic E-state index is 0.303. The highest BCUT2D eigenvalue weighted by atomic mass is 16.1. The molecule has 2 heteroatoms. The minimum Gasteiger partial charge on any atom is -0.317 e. The molecular weight excluding hydrogens is 234 g/mol. The summed E-state index contributed by atoms with van der Waals surface area (Å²) in [4.78, 5) is 12.0. The highest BCUT2D eigenvalue weighted by Gasteiger charge is 2.23. The van der Waals surface area contributed by atoms with Crippen molar-refractivity contribution in [3.8, 4) is 5.69 Å². The summed E-state index contributed by atoms with van der Waals surface area (Å²) in [6, 6.07) is 10.5. The van der Waals surface area contributed by atoms with Gasteiger partial charge in [-0.3, -0.25) is 4.79 Å². The van der Waals surface area contributed by atoms with E-state index in [4.69, 9.17) is 0 Å². The van der Waals surface area contributed by atoms with Crippen LogP contribution in [-0.2, 0) is 12.8 Å². The number of ketones is 1. The molecule has 0 amide bonds. The number of carbonyl (C=O) groups is 1. The third kappa shape index (κ3) is 1.92. The first-order valence-electron chi connectivity index (χ1n) is 7.05. The molecule has 2 nitrogen and oxygen atoms in total. The van der Waals surface area contributed by atoms with Crippen molar-refractivity contribution < 1.29 is 4.79 Å². The number of nitrogens with zero attached hydrogens (tertiary/aromatic N) is 1. The summed E-state index contributed by atoms with van der Waals surface area (Å²) in [6.07, 6.45) is 3.69. The van der Waals surface area contributed by atoms with E-state index >= 15 is 0 Å². The number of aromatic nitrogens is 1. The molecule has 0 saturated heterocycles. The van der Waals surface area contributed by atoms with Crippen LogP contribution < -0.4 is 0 Å². The fourth-order valence-electron chi connectivity index (χ4n) is 3.09. The van der Waals surface area contributed by atoms with Crippen LogP contribution in [0.1, 0.15) is 47.1 Å². The standard InChI is InChI=1S/C17H19NO/c1-3-13-7-4-5-8-15(13)18-12(2)11-14-16(18)9-6-10-17(14)19/h4-5,7-8,11H,3,6,9-10H2,1-2H3. The summed E-state index contributed by atoms with van der Waals surface area (Å²) in [5.74, 6) is 0.303. The lowest BCUT2D eigenvalue weighted by Crippen LogP contribution is -2.13. The SMILES string of the molecule is CCc1ccccc1-n1c(C)cc2c1CCCC2=O. The Balaban J connectivity index is 2.23. The van der Waals surface area contributed by atoms with Gasteiger partial charge in [-0.25, -0.2) is 0 Å². The number of rotatable bonds is 2. The average molecular weight is 253 g/mol. The second-order valence-corrected chi connectivity index (χ2v) is 5.24. The van der Waals surface area contributed by atoms with E-state index in [2.05, 4.69) is 48.7 Å². The molecule has 1 aromatic heterocycles. The molecule has 0 bridgehead atoms. The summed E-state index contributed by atoms with van der Waals surface area (Å²) in [7, 11) is 0. The first kappa shape index (κ1) is 12.2. The predicted molar refractivity (Wildman–Crippen MR) is 77.2 cm³/mol. The normalized spacial score (nSPS) is 14.5. The van der Waals surface area contributed by atoms with Crippen molar-refractivity contribution in [2.45, 2.75) is 39.5 Å². The molecule has 98 valence electrons. The number of fused-ring (bicyclic) bond motifs is 1. The minimum absolute atomic E-state index is 0.303. The summed E-state index contributed by atoms with van der Waals surface area (Å²) in [6.45, 7) is 4.27. The Hall–Kier alpha value is -1.83. The van der Waals surface area contributed by atoms with Gasteiger partial charge < -0.3 is 4.57 Å². The third-order valence-electron chi connectivity index (χ3n) is 4.02. The zero-order chi connectivity index (χ0) is 13.4. The molecule has 0 unspecified atom stereocenters. The van der Waals surface area contributed by atoms with Gasteiger partial charge in [0.15, 0.2) is 5.78 Å². The predicted octanol–water partition coefficient (Wildman–Crippen LogP) is 3.87. The van der Waals surface area contributed by atoms with Gasteiger partial charge in [0.2, 0.25) is 0 Å². The molecular formula is C17H19NO. The van der Waals surface area contributed by atoms with Crippen molar-refractivity contribution in [3.05, 3.63) is 52.8 Å². The van der Waals surface area contributed by atoms with Crippen molar-refractivity contribution in [1.29, 1.82) is 0 Å². The fraction of sp³-hybridized carbons (Fsp3) is 0.353. The van der Waals surface area contributed by atoms with Gasteiger partial charge in [-0.15, -0.1) is 0 Å². The highest BCUT2D eigenvalue weighted by Crippen LogP contribution is 2.29. The van der Waals surface area contributed by atoms with Crippen LogP contribution in [0.25, 0.3) is 5.69 Å². The van der Waals surface area contributed by atoms with E-state index in [-0.39, 0.29) is 0 Å². The second kappa shape index (κ2) is 4.69. The maximum absolute atomic E-state index is 12.0. The molecule has 0 spiro atoms. The lowest BCUT2D eigenvalue weighted by atomic mass is 9.96. The maximum Gasteiger partial charge on any atom is 0.164 e. The first-order valence-corrected chi connectivity index (χ1v) is 7.05. The lowest BCUT2D eigenvalue weighted by Gasteiger charge is -2.18. The van der Waals surface area contributed by atoms with Gasteiger partial charge in [0, 0.05) is 29.1 Å². The number of hydrogen-bond donors (Lipinski definition) is 0. The lowest BCUT2D eigenvalue weighted by molar-refractivity contribution is 0.0972. The molecule has 0 radical (unpaired) electrons. The molecule has 0 N–H and O–H groups in total. The van der Waals surface area contributed by atoms with Gasteiger partial charge in [0.25, 0.3) is 0 Å². The molecule has 0 saturated carbocycles. The molecule has 3 rings (SSSR count). The average Bonchev–Trinajstić information content (AvgIpc) is 2.76. The van der Waals surface area contributed by atoms with Crippen LogP contribution in [0.4, 0.5) is 0 Å². The van der Waals surface area contributed by atoms with Gasteiger partial charge in [-0.1, -0.05) is 25.1 Å². The van der Waals surface area contributed by atoms with Crippen molar-refractivity contribution >= 4 is 5.78 Å². The molecule has 19 heavy (non-hydrogen) atoms. The molecule has 1 aliphatic carbocycles. The molecule has 2 aromatic rings. The summed E-state index contributed by atoms with van der Waals surface area (Å²) in [5.41, 5.74) is 5.88. The van der Waals surface area contributed by atoms with Crippen molar-refractivity contribution in [2.24, 2.45) is 0 Å². The molecule has 0 fully saturated rings. The summed E-state index contributed by atoms with van der Waals surface area (Å²) < 4.78 is 2.28. The van der Waals surface area contributed by atoms with E-state index in [1.807, 2.05) is 0 Å². The number of benzene rings is 1. The summed E-state index contributed by atoms with van der Waals surface area (Å²) in [5, 5.41) is 0. The van der Waals surface area contributed by atoms with Crippen LogP contribution in [0.5, 0.6) is 0 Å². The Morgan fingerprint density at radius 1 is 1.21 bits per heavy atom. The van der Waals surface area contributed by atoms with Crippen LogP contribution in [-0.4, -0.2) is 10.4 Å². The summed E-state index contributed by atoms with van der Waals surface area (Å²) >= 11 is 0. The molecule has 0 aliphatic heterocycles. The highest BCUT2D eigenvalue weighted by molar-refractivity contribution is 5.98. The van der Waals surface area contributed by atoms with Crippen LogP contribution in [0, 0.1) is 6.92 Å². The quantitative estimate of drug-likeness (QED) is 0.796. The monoisotopic (exact) mass is 253 g/mol. The van der Waals surface area contributed by atoms with Crippen LogP contribution in [0.15, 0.2) is 30.3 Å². The maximum atomic E-state index is 12.0. The van der Waals surface area contributed by atoms with Crippen LogP contribution in [0.2, 0.25) is 0 Å². The van der Waals surface area contributed by atoms with Crippen molar-refractivity contribution in [1.82, 2.24) is 4.57 Å². The molecule has 1 aromatic carbocycles. The van der Waals surface area contributed by atoms with E-state index in [0.717, 1.165) is 24.8 Å². The van der Waals surface area contributed by atoms with E-state index in [9.17, 15) is 4.79 Å². The van der Waals surface area contributed by atoms with Gasteiger partial charge in [0.05, 0.1) is 0 Å². The smallest absolute Gasteiger partial charge is 0.164 e. The zero-order valence-corrected chi connectivity index (χ0v) is 11.6. The van der Waals surface area contributed by atoms with Gasteiger partial charge in [0.1, 0.15) is 0 Å². The Bertz CT molecular complexity index is 637. The van der Waals surface area contributed by atoms with Crippen molar-refractivity contribution in [3.63, 3.8) is 0 Å². The van der Waals surface area contributed by atoms with Gasteiger partial charge >= 0.3 is 0 Å². The Labute approximate surface area is 114 Å². The number of aryl methyl sites for hydroxylation is 2. The topological polar surface area (TPSA) is 22.0 Å². The van der Waals surface area contributed by atoms with E-state index in [0.29, 0.717) is 12.2 Å². The number of para-hydroxylation sites is 1. The molecule has 1 aliphatic rings. The van der Waals surface area contributed by atoms with E-state index < -0.39 is 0 Å². The van der Waals surface area contributed by atoms with E-state index in [1.165, 1.54) is 22.6 Å². The van der Waals surface area contributed by atoms with Crippen LogP contribution >= 0.6 is 0 Å². The zero-order valence-electron chi connectivity index (χ0n) is 11.6. The van der Waals surface area contributed by atoms with Crippen molar-refractivity contribution in [2.75, 3.05) is 0 Å². The largest absolute Gasteiger partial charge is 0.317 e. The van der Waals surface area contributed by atoms with E-state index in [1.54, 1.807) is 0 Å². The second-order valence-electron chi connectivity index (χ2n) is 5.24. The third-order valence-corrected chi connectivity index (χ3v) is 4.02. The molecule has 1 heterocycles. The van der Waals surface area contributed by atoms with Gasteiger partial charge in [-0.05, 0) is 43.9 Å². The Kier molecular flexibility index (Phi) is 3.02. The fourth-order valence-corrected chi connectivity index (χ4v) is 3.09. The Morgan fingerprint density at radius 3 is 2.79 bits per heavy atom. The first-order chi connectivity index (χ1) is 9.22. The number of Topliss-reactive ketones (excluding diaryl/α,β-unsaturated/α-hetero) is 1. The van der Waals surface area contributed by atoms with Crippen LogP contribution in [0.3, 0.4) is 0 Å².